The number of carbonyl (C=O) groups is 2. The lowest BCUT2D eigenvalue weighted by molar-refractivity contribution is -0.140. The summed E-state index contributed by atoms with van der Waals surface area (Å²) in [6.45, 7) is 3.27. The van der Waals surface area contributed by atoms with Gasteiger partial charge < -0.3 is 14.4 Å². The number of benzene rings is 2. The van der Waals surface area contributed by atoms with Crippen LogP contribution < -0.4 is 4.74 Å². The van der Waals surface area contributed by atoms with Gasteiger partial charge in [0.1, 0.15) is 17.2 Å². The van der Waals surface area contributed by atoms with Crippen LogP contribution in [-0.2, 0) is 29.1 Å². The van der Waals surface area contributed by atoms with Crippen molar-refractivity contribution in [1.29, 1.82) is 0 Å². The van der Waals surface area contributed by atoms with Crippen LogP contribution in [0.1, 0.15) is 33.3 Å². The minimum absolute atomic E-state index is 0.159. The molecule has 0 unspecified atom stereocenters. The molecule has 1 amide bonds. The first-order chi connectivity index (χ1) is 14.6. The number of thiophene rings is 1. The molecule has 0 radical (unpaired) electrons. The minimum Gasteiger partial charge on any atom is -0.488 e. The Morgan fingerprint density at radius 2 is 1.83 bits per heavy atom. The Kier molecular flexibility index (Phi) is 4.79. The number of amides is 1. The summed E-state index contributed by atoms with van der Waals surface area (Å²) in [5, 5.41) is 0. The van der Waals surface area contributed by atoms with E-state index in [0.29, 0.717) is 24.6 Å². The average molecular weight is 420 g/mol. The van der Waals surface area contributed by atoms with Gasteiger partial charge in [0, 0.05) is 29.1 Å². The van der Waals surface area contributed by atoms with Gasteiger partial charge in [-0.15, -0.1) is 11.3 Å². The summed E-state index contributed by atoms with van der Waals surface area (Å²) < 4.78 is 11.3. The van der Waals surface area contributed by atoms with Crippen molar-refractivity contribution in [2.45, 2.75) is 32.6 Å². The average Bonchev–Trinajstić information content (AvgIpc) is 3.23. The Labute approximate surface area is 178 Å². The highest BCUT2D eigenvalue weighted by molar-refractivity contribution is 7.17. The highest BCUT2D eigenvalue weighted by Gasteiger charge is 2.29. The molecular formula is C24H21NO4S. The van der Waals surface area contributed by atoms with E-state index in [0.717, 1.165) is 33.7 Å². The molecule has 152 valence electrons. The normalized spacial score (nSPS) is 15.3. The Morgan fingerprint density at radius 3 is 2.70 bits per heavy atom. The van der Waals surface area contributed by atoms with Crippen molar-refractivity contribution in [3.8, 4) is 16.2 Å². The van der Waals surface area contributed by atoms with Gasteiger partial charge in [0.05, 0.1) is 0 Å². The Morgan fingerprint density at radius 1 is 1.07 bits per heavy atom. The zero-order valence-electron chi connectivity index (χ0n) is 16.6. The number of nitrogens with zero attached hydrogens (tertiary/aromatic N) is 1. The summed E-state index contributed by atoms with van der Waals surface area (Å²) in [5.74, 6) is 0.193. The molecule has 2 aliphatic heterocycles. The first-order valence-electron chi connectivity index (χ1n) is 10.0. The lowest BCUT2D eigenvalue weighted by Gasteiger charge is -2.30. The molecule has 0 saturated heterocycles. The number of hydrogen-bond donors (Lipinski definition) is 0. The van der Waals surface area contributed by atoms with Gasteiger partial charge in [-0.25, -0.2) is 4.79 Å². The van der Waals surface area contributed by atoms with E-state index in [2.05, 4.69) is 6.07 Å². The first kappa shape index (κ1) is 18.9. The largest absolute Gasteiger partial charge is 0.488 e. The quantitative estimate of drug-likeness (QED) is 0.589. The maximum Gasteiger partial charge on any atom is 0.349 e. The number of ether oxygens (including phenoxy) is 2. The highest BCUT2D eigenvalue weighted by Crippen LogP contribution is 2.42. The van der Waals surface area contributed by atoms with E-state index in [-0.39, 0.29) is 5.91 Å². The molecule has 0 fully saturated rings. The zero-order valence-corrected chi connectivity index (χ0v) is 17.4. The molecule has 1 aromatic heterocycles. The Bertz CT molecular complexity index is 1140. The van der Waals surface area contributed by atoms with Gasteiger partial charge in [0.2, 0.25) is 0 Å². The number of para-hydroxylation sites is 1. The van der Waals surface area contributed by atoms with E-state index in [1.54, 1.807) is 11.8 Å². The van der Waals surface area contributed by atoms with Crippen LogP contribution in [0.15, 0.2) is 54.6 Å². The van der Waals surface area contributed by atoms with Crippen molar-refractivity contribution in [2.24, 2.45) is 0 Å². The standard InChI is InChI=1S/C24H21NO4S/c1-15(23(26)25-11-10-16-6-2-3-7-17(16)13-25)29-24(27)21-12-18-14-28-20-9-5-4-8-19(20)22(18)30-21/h2-9,12,15H,10-11,13-14H2,1H3/t15-/m1/s1. The van der Waals surface area contributed by atoms with Crippen molar-refractivity contribution >= 4 is 23.2 Å². The maximum atomic E-state index is 12.9. The second kappa shape index (κ2) is 7.61. The predicted molar refractivity (Wildman–Crippen MR) is 115 cm³/mol. The molecule has 2 aliphatic rings. The maximum absolute atomic E-state index is 12.9. The smallest absolute Gasteiger partial charge is 0.349 e. The molecule has 3 heterocycles. The van der Waals surface area contributed by atoms with Crippen LogP contribution in [-0.4, -0.2) is 29.4 Å². The van der Waals surface area contributed by atoms with Crippen LogP contribution in [0.4, 0.5) is 0 Å². The van der Waals surface area contributed by atoms with Gasteiger partial charge in [-0.3, -0.25) is 4.79 Å². The number of hydrogen-bond acceptors (Lipinski definition) is 5. The molecule has 1 atom stereocenters. The summed E-state index contributed by atoms with van der Waals surface area (Å²) in [6, 6.07) is 17.7. The Hall–Kier alpha value is -3.12. The number of fused-ring (bicyclic) bond motifs is 4. The van der Waals surface area contributed by atoms with Gasteiger partial charge >= 0.3 is 5.97 Å². The summed E-state index contributed by atoms with van der Waals surface area (Å²) in [7, 11) is 0. The van der Waals surface area contributed by atoms with Gasteiger partial charge in [0.15, 0.2) is 6.10 Å². The zero-order chi connectivity index (χ0) is 20.7. The first-order valence-corrected chi connectivity index (χ1v) is 10.8. The molecule has 0 saturated carbocycles. The molecule has 0 spiro atoms. The second-order valence-electron chi connectivity index (χ2n) is 7.58. The molecule has 0 aliphatic carbocycles. The van der Waals surface area contributed by atoms with Gasteiger partial charge in [0.25, 0.3) is 5.91 Å². The van der Waals surface area contributed by atoms with E-state index in [1.165, 1.54) is 16.9 Å². The van der Waals surface area contributed by atoms with Crippen molar-refractivity contribution in [1.82, 2.24) is 4.90 Å². The minimum atomic E-state index is -0.828. The van der Waals surface area contributed by atoms with Crippen LogP contribution >= 0.6 is 11.3 Å². The molecule has 3 aromatic rings. The fourth-order valence-electron chi connectivity index (χ4n) is 4.01. The summed E-state index contributed by atoms with van der Waals surface area (Å²) in [4.78, 5) is 28.9. The third-order valence-electron chi connectivity index (χ3n) is 5.60. The molecule has 6 heteroatoms. The lowest BCUT2D eigenvalue weighted by atomic mass is 9.99. The number of esters is 1. The third kappa shape index (κ3) is 3.37. The van der Waals surface area contributed by atoms with Crippen molar-refractivity contribution < 1.29 is 19.1 Å². The molecule has 30 heavy (non-hydrogen) atoms. The third-order valence-corrected chi connectivity index (χ3v) is 6.79. The summed E-state index contributed by atoms with van der Waals surface area (Å²) in [6.07, 6.45) is -0.00923. The topological polar surface area (TPSA) is 55.8 Å². The van der Waals surface area contributed by atoms with E-state index in [4.69, 9.17) is 9.47 Å². The fraction of sp³-hybridized carbons (Fsp3) is 0.250. The van der Waals surface area contributed by atoms with Crippen molar-refractivity contribution in [3.05, 3.63) is 76.2 Å². The summed E-state index contributed by atoms with van der Waals surface area (Å²) >= 11 is 1.39. The summed E-state index contributed by atoms with van der Waals surface area (Å²) in [5.41, 5.74) is 4.38. The molecule has 0 bridgehead atoms. The van der Waals surface area contributed by atoms with Crippen LogP contribution in [0.3, 0.4) is 0 Å². The second-order valence-corrected chi connectivity index (χ2v) is 8.63. The van der Waals surface area contributed by atoms with E-state index >= 15 is 0 Å². The van der Waals surface area contributed by atoms with Crippen molar-refractivity contribution in [2.75, 3.05) is 6.54 Å². The number of rotatable bonds is 3. The SMILES string of the molecule is C[C@@H](OC(=O)c1cc2c(s1)-c1ccccc1OC2)C(=O)N1CCc2ccccc2C1. The van der Waals surface area contributed by atoms with E-state index < -0.39 is 12.1 Å². The van der Waals surface area contributed by atoms with Crippen LogP contribution in [0.25, 0.3) is 10.4 Å². The van der Waals surface area contributed by atoms with Crippen LogP contribution in [0.2, 0.25) is 0 Å². The molecule has 0 N–H and O–H groups in total. The lowest BCUT2D eigenvalue weighted by Crippen LogP contribution is -2.42. The molecule has 5 rings (SSSR count). The molecule has 2 aromatic carbocycles. The van der Waals surface area contributed by atoms with Crippen molar-refractivity contribution in [3.63, 3.8) is 0 Å². The monoisotopic (exact) mass is 419 g/mol. The number of carbonyl (C=O) groups excluding carboxylic acids is 2. The molecular weight excluding hydrogens is 398 g/mol. The Balaban J connectivity index is 1.28. The molecule has 5 nitrogen and oxygen atoms in total. The fourth-order valence-corrected chi connectivity index (χ4v) is 5.09. The van der Waals surface area contributed by atoms with E-state index in [9.17, 15) is 9.59 Å². The van der Waals surface area contributed by atoms with Gasteiger partial charge in [-0.05, 0) is 42.7 Å². The van der Waals surface area contributed by atoms with Gasteiger partial charge in [-0.2, -0.15) is 0 Å². The predicted octanol–water partition coefficient (Wildman–Crippen LogP) is 4.44. The van der Waals surface area contributed by atoms with E-state index in [1.807, 2.05) is 48.5 Å². The van der Waals surface area contributed by atoms with Gasteiger partial charge in [-0.1, -0.05) is 36.4 Å². The van der Waals surface area contributed by atoms with Crippen LogP contribution in [0, 0.1) is 0 Å². The van der Waals surface area contributed by atoms with Crippen LogP contribution in [0.5, 0.6) is 5.75 Å². The highest BCUT2D eigenvalue weighted by atomic mass is 32.1.